The molecule has 1 aromatic carbocycles. The number of primary amides is 1. The highest BCUT2D eigenvalue weighted by Gasteiger charge is 1.94. The lowest BCUT2D eigenvalue weighted by Gasteiger charge is -1.99. The summed E-state index contributed by atoms with van der Waals surface area (Å²) in [6.07, 6.45) is 0.906. The minimum atomic E-state index is -1.33. The van der Waals surface area contributed by atoms with E-state index in [1.165, 1.54) is 5.56 Å². The molecule has 0 saturated carbocycles. The van der Waals surface area contributed by atoms with Crippen LogP contribution in [0.1, 0.15) is 18.9 Å². The van der Waals surface area contributed by atoms with Gasteiger partial charge in [-0.1, -0.05) is 43.1 Å². The molecule has 0 bridgehead atoms. The molecule has 0 saturated heterocycles. The highest BCUT2D eigenvalue weighted by molar-refractivity contribution is 6.31. The molecule has 14 heavy (non-hydrogen) atoms. The third kappa shape index (κ3) is 6.31. The van der Waals surface area contributed by atoms with Gasteiger partial charge in [0, 0.05) is 5.02 Å². The van der Waals surface area contributed by atoms with Gasteiger partial charge >= 0.3 is 6.09 Å². The fourth-order valence-electron chi connectivity index (χ4n) is 0.970. The van der Waals surface area contributed by atoms with E-state index in [0.717, 1.165) is 17.9 Å². The molecule has 0 fully saturated rings. The van der Waals surface area contributed by atoms with E-state index >= 15 is 0 Å². The van der Waals surface area contributed by atoms with Gasteiger partial charge < -0.3 is 10.8 Å². The highest BCUT2D eigenvalue weighted by atomic mass is 35.5. The molecule has 3 N–H and O–H groups in total. The molecule has 1 amide bonds. The van der Waals surface area contributed by atoms with Gasteiger partial charge in [-0.25, -0.2) is 4.79 Å². The van der Waals surface area contributed by atoms with Crippen LogP contribution in [0.2, 0.25) is 5.02 Å². The van der Waals surface area contributed by atoms with Gasteiger partial charge in [-0.15, -0.1) is 0 Å². The number of hydrogen-bond donors (Lipinski definition) is 2. The molecule has 0 unspecified atom stereocenters. The van der Waals surface area contributed by atoms with Gasteiger partial charge in [-0.2, -0.15) is 0 Å². The van der Waals surface area contributed by atoms with Crippen LogP contribution in [0.3, 0.4) is 0 Å². The van der Waals surface area contributed by atoms with Gasteiger partial charge in [0.2, 0.25) is 0 Å². The summed E-state index contributed by atoms with van der Waals surface area (Å²) in [5.74, 6) is 0. The number of aryl methyl sites for hydroxylation is 1. The van der Waals surface area contributed by atoms with E-state index < -0.39 is 6.09 Å². The zero-order chi connectivity index (χ0) is 11.0. The quantitative estimate of drug-likeness (QED) is 0.797. The van der Waals surface area contributed by atoms with Crippen LogP contribution in [-0.2, 0) is 6.42 Å². The molecule has 1 aromatic rings. The number of benzene rings is 1. The van der Waals surface area contributed by atoms with Crippen LogP contribution in [0, 0.1) is 0 Å². The van der Waals surface area contributed by atoms with Crippen LogP contribution < -0.4 is 5.73 Å². The van der Waals surface area contributed by atoms with Gasteiger partial charge in [0.1, 0.15) is 0 Å². The molecule has 0 aliphatic rings. The first kappa shape index (κ1) is 12.8. The van der Waals surface area contributed by atoms with Gasteiger partial charge in [0.15, 0.2) is 0 Å². The molecular formula is C10H14ClNO2. The first-order chi connectivity index (χ1) is 6.57. The fourth-order valence-corrected chi connectivity index (χ4v) is 1.20. The Morgan fingerprint density at radius 3 is 2.43 bits per heavy atom. The molecule has 0 spiro atoms. The number of carbonyl (C=O) groups is 1. The van der Waals surface area contributed by atoms with Crippen molar-refractivity contribution in [2.45, 2.75) is 19.8 Å². The number of halogens is 1. The predicted octanol–water partition coefficient (Wildman–Crippen LogP) is 2.92. The van der Waals surface area contributed by atoms with Gasteiger partial charge in [-0.3, -0.25) is 0 Å². The molecule has 0 aliphatic heterocycles. The summed E-state index contributed by atoms with van der Waals surface area (Å²) in [7, 11) is 0. The van der Waals surface area contributed by atoms with Crippen molar-refractivity contribution in [1.29, 1.82) is 0 Å². The third-order valence-electron chi connectivity index (χ3n) is 1.48. The van der Waals surface area contributed by atoms with Crippen molar-refractivity contribution < 1.29 is 9.90 Å². The smallest absolute Gasteiger partial charge is 0.402 e. The first-order valence-electron chi connectivity index (χ1n) is 4.29. The largest absolute Gasteiger partial charge is 0.465 e. The normalized spacial score (nSPS) is 8.71. The fraction of sp³-hybridized carbons (Fsp3) is 0.300. The van der Waals surface area contributed by atoms with Crippen LogP contribution in [0.15, 0.2) is 24.3 Å². The van der Waals surface area contributed by atoms with Crippen molar-refractivity contribution in [3.05, 3.63) is 34.9 Å². The summed E-state index contributed by atoms with van der Waals surface area (Å²) in [6.45, 7) is 2.16. The Balaban J connectivity index is 0.000000364. The molecule has 4 heteroatoms. The van der Waals surface area contributed by atoms with Gasteiger partial charge in [-0.05, 0) is 18.1 Å². The molecular weight excluding hydrogens is 202 g/mol. The van der Waals surface area contributed by atoms with Crippen molar-refractivity contribution in [3.63, 3.8) is 0 Å². The van der Waals surface area contributed by atoms with E-state index in [2.05, 4.69) is 18.7 Å². The van der Waals surface area contributed by atoms with E-state index in [-0.39, 0.29) is 0 Å². The Hall–Kier alpha value is -1.22. The van der Waals surface area contributed by atoms with Crippen molar-refractivity contribution >= 4 is 17.7 Å². The lowest BCUT2D eigenvalue weighted by Crippen LogP contribution is -2.03. The average molecular weight is 216 g/mol. The van der Waals surface area contributed by atoms with Crippen LogP contribution in [0.5, 0.6) is 0 Å². The topological polar surface area (TPSA) is 63.3 Å². The first-order valence-corrected chi connectivity index (χ1v) is 4.67. The molecule has 78 valence electrons. The number of hydrogen-bond acceptors (Lipinski definition) is 1. The van der Waals surface area contributed by atoms with Crippen molar-refractivity contribution in [2.75, 3.05) is 0 Å². The molecule has 1 rings (SSSR count). The lowest BCUT2D eigenvalue weighted by molar-refractivity contribution is 0.205. The monoisotopic (exact) mass is 215 g/mol. The average Bonchev–Trinajstić information content (AvgIpc) is 2.08. The van der Waals surface area contributed by atoms with Gasteiger partial charge in [0.25, 0.3) is 0 Å². The molecule has 0 aliphatic carbocycles. The second-order valence-electron chi connectivity index (χ2n) is 2.68. The van der Waals surface area contributed by atoms with Crippen LogP contribution in [-0.4, -0.2) is 11.2 Å². The number of carboxylic acid groups (broad SMARTS) is 1. The van der Waals surface area contributed by atoms with Crippen molar-refractivity contribution in [3.8, 4) is 0 Å². The Morgan fingerprint density at radius 2 is 2.00 bits per heavy atom. The molecule has 0 heterocycles. The second-order valence-corrected chi connectivity index (χ2v) is 3.09. The summed E-state index contributed by atoms with van der Waals surface area (Å²) < 4.78 is 0. The Kier molecular flexibility index (Phi) is 6.58. The summed E-state index contributed by atoms with van der Waals surface area (Å²) in [6, 6.07) is 8.00. The summed E-state index contributed by atoms with van der Waals surface area (Å²) in [5, 5.41) is 8.09. The third-order valence-corrected chi connectivity index (χ3v) is 1.85. The van der Waals surface area contributed by atoms with E-state index in [9.17, 15) is 0 Å². The van der Waals surface area contributed by atoms with Crippen molar-refractivity contribution in [1.82, 2.24) is 0 Å². The van der Waals surface area contributed by atoms with Crippen LogP contribution in [0.4, 0.5) is 4.79 Å². The molecule has 0 aromatic heterocycles. The Bertz CT molecular complexity index is 285. The number of amides is 1. The Morgan fingerprint density at radius 1 is 1.50 bits per heavy atom. The standard InChI is InChI=1S/C9H11Cl.CH3NO2/c1-2-5-8-6-3-4-7-9(8)10;2-1(3)4/h3-4,6-7H,2,5H2,1H3;2H2,(H,3,4). The second kappa shape index (κ2) is 7.21. The summed E-state index contributed by atoms with van der Waals surface area (Å²) >= 11 is 5.90. The minimum absolute atomic E-state index is 0.893. The van der Waals surface area contributed by atoms with E-state index in [1.807, 2.05) is 18.2 Å². The van der Waals surface area contributed by atoms with Crippen LogP contribution in [0.25, 0.3) is 0 Å². The minimum Gasteiger partial charge on any atom is -0.465 e. The summed E-state index contributed by atoms with van der Waals surface area (Å²) in [4.78, 5) is 8.78. The number of rotatable bonds is 2. The maximum atomic E-state index is 8.78. The SMILES string of the molecule is CCCc1ccccc1Cl.NC(=O)O. The van der Waals surface area contributed by atoms with E-state index in [0.29, 0.717) is 0 Å². The van der Waals surface area contributed by atoms with E-state index in [1.54, 1.807) is 0 Å². The zero-order valence-corrected chi connectivity index (χ0v) is 8.79. The van der Waals surface area contributed by atoms with Crippen molar-refractivity contribution in [2.24, 2.45) is 5.73 Å². The molecule has 0 atom stereocenters. The lowest BCUT2D eigenvalue weighted by atomic mass is 10.1. The molecule has 3 nitrogen and oxygen atoms in total. The predicted molar refractivity (Wildman–Crippen MR) is 57.7 cm³/mol. The summed E-state index contributed by atoms with van der Waals surface area (Å²) in [5.41, 5.74) is 5.28. The maximum absolute atomic E-state index is 8.78. The Labute approximate surface area is 88.5 Å². The van der Waals surface area contributed by atoms with E-state index in [4.69, 9.17) is 21.5 Å². The number of nitrogens with two attached hydrogens (primary N) is 1. The van der Waals surface area contributed by atoms with Crippen LogP contribution >= 0.6 is 11.6 Å². The van der Waals surface area contributed by atoms with Gasteiger partial charge in [0.05, 0.1) is 0 Å². The molecule has 0 radical (unpaired) electrons. The maximum Gasteiger partial charge on any atom is 0.402 e. The zero-order valence-electron chi connectivity index (χ0n) is 8.03. The highest BCUT2D eigenvalue weighted by Crippen LogP contribution is 2.15.